The van der Waals surface area contributed by atoms with Crippen LogP contribution in [0, 0.1) is 12.8 Å². The van der Waals surface area contributed by atoms with Crippen LogP contribution in [0.2, 0.25) is 0 Å². The summed E-state index contributed by atoms with van der Waals surface area (Å²) in [5.74, 6) is 2.89. The molecule has 19 heavy (non-hydrogen) atoms. The summed E-state index contributed by atoms with van der Waals surface area (Å²) in [7, 11) is 0. The number of rotatable bonds is 9. The van der Waals surface area contributed by atoms with E-state index in [-0.39, 0.29) is 0 Å². The molecule has 1 heterocycles. The first kappa shape index (κ1) is 16.3. The highest BCUT2D eigenvalue weighted by molar-refractivity contribution is 5.20. The van der Waals surface area contributed by atoms with Crippen molar-refractivity contribution >= 4 is 0 Å². The van der Waals surface area contributed by atoms with Crippen LogP contribution in [0.3, 0.4) is 0 Å². The molecule has 1 N–H and O–H groups in total. The monoisotopic (exact) mass is 266 g/mol. The van der Waals surface area contributed by atoms with E-state index in [0.717, 1.165) is 50.2 Å². The van der Waals surface area contributed by atoms with Gasteiger partial charge in [-0.2, -0.15) is 0 Å². The topological polar surface area (TPSA) is 28.4 Å². The van der Waals surface area contributed by atoms with Crippen molar-refractivity contribution in [2.45, 2.75) is 54.1 Å². The molecule has 1 aromatic heterocycles. The summed E-state index contributed by atoms with van der Waals surface area (Å²) in [4.78, 5) is 2.46. The average molecular weight is 266 g/mol. The zero-order valence-corrected chi connectivity index (χ0v) is 13.3. The number of nitrogens with zero attached hydrogens (tertiary/aromatic N) is 1. The van der Waals surface area contributed by atoms with Gasteiger partial charge in [0.2, 0.25) is 0 Å². The second-order valence-electron chi connectivity index (χ2n) is 5.42. The molecule has 0 radical (unpaired) electrons. The molecule has 3 heteroatoms. The Kier molecular flexibility index (Phi) is 7.17. The van der Waals surface area contributed by atoms with Crippen LogP contribution in [0.4, 0.5) is 0 Å². The molecular weight excluding hydrogens is 236 g/mol. The van der Waals surface area contributed by atoms with Crippen LogP contribution in [-0.4, -0.2) is 24.5 Å². The SMILES string of the molecule is CCNCc1cc(CN(CC)CC(C)CC)oc1C. The number of aryl methyl sites for hydroxylation is 1. The van der Waals surface area contributed by atoms with Gasteiger partial charge in [-0.25, -0.2) is 0 Å². The molecule has 0 amide bonds. The van der Waals surface area contributed by atoms with Gasteiger partial charge < -0.3 is 9.73 Å². The van der Waals surface area contributed by atoms with Crippen molar-refractivity contribution in [2.24, 2.45) is 5.92 Å². The first-order chi connectivity index (χ1) is 9.10. The third-order valence-electron chi connectivity index (χ3n) is 3.73. The highest BCUT2D eigenvalue weighted by atomic mass is 16.3. The van der Waals surface area contributed by atoms with Crippen LogP contribution in [0.25, 0.3) is 0 Å². The smallest absolute Gasteiger partial charge is 0.118 e. The molecule has 0 saturated carbocycles. The lowest BCUT2D eigenvalue weighted by Gasteiger charge is -2.22. The minimum atomic E-state index is 0.747. The average Bonchev–Trinajstić information content (AvgIpc) is 2.75. The fraction of sp³-hybridized carbons (Fsp3) is 0.750. The summed E-state index contributed by atoms with van der Waals surface area (Å²) in [6.07, 6.45) is 1.24. The Morgan fingerprint density at radius 2 is 2.05 bits per heavy atom. The van der Waals surface area contributed by atoms with Crippen LogP contribution < -0.4 is 5.32 Å². The largest absolute Gasteiger partial charge is 0.465 e. The molecule has 3 nitrogen and oxygen atoms in total. The summed E-state index contributed by atoms with van der Waals surface area (Å²) in [6, 6.07) is 2.21. The van der Waals surface area contributed by atoms with Crippen LogP contribution in [-0.2, 0) is 13.1 Å². The Hall–Kier alpha value is -0.800. The van der Waals surface area contributed by atoms with Crippen LogP contribution >= 0.6 is 0 Å². The Labute approximate surface area is 118 Å². The molecule has 1 atom stereocenters. The Morgan fingerprint density at radius 3 is 2.63 bits per heavy atom. The van der Waals surface area contributed by atoms with Gasteiger partial charge in [-0.1, -0.05) is 34.1 Å². The van der Waals surface area contributed by atoms with E-state index in [1.807, 2.05) is 0 Å². The van der Waals surface area contributed by atoms with Crippen molar-refractivity contribution in [3.05, 3.63) is 23.2 Å². The summed E-state index contributed by atoms with van der Waals surface area (Å²) >= 11 is 0. The van der Waals surface area contributed by atoms with E-state index in [0.29, 0.717) is 0 Å². The number of hydrogen-bond acceptors (Lipinski definition) is 3. The van der Waals surface area contributed by atoms with Gasteiger partial charge in [0.25, 0.3) is 0 Å². The van der Waals surface area contributed by atoms with Crippen molar-refractivity contribution in [3.63, 3.8) is 0 Å². The third kappa shape index (κ3) is 5.37. The van der Waals surface area contributed by atoms with E-state index in [1.54, 1.807) is 0 Å². The molecule has 0 saturated heterocycles. The standard InChI is InChI=1S/C16H30N2O/c1-6-13(4)11-18(8-3)12-16-9-15(10-17-7-2)14(5)19-16/h9,13,17H,6-8,10-12H2,1-5H3. The van der Waals surface area contributed by atoms with Gasteiger partial charge in [0, 0.05) is 18.7 Å². The molecule has 0 bridgehead atoms. The van der Waals surface area contributed by atoms with Gasteiger partial charge in [-0.3, -0.25) is 4.90 Å². The highest BCUT2D eigenvalue weighted by Crippen LogP contribution is 2.17. The number of nitrogens with one attached hydrogen (secondary N) is 1. The first-order valence-electron chi connectivity index (χ1n) is 7.61. The molecule has 110 valence electrons. The second kappa shape index (κ2) is 8.39. The van der Waals surface area contributed by atoms with Crippen molar-refractivity contribution in [3.8, 4) is 0 Å². The first-order valence-corrected chi connectivity index (χ1v) is 7.61. The zero-order valence-electron chi connectivity index (χ0n) is 13.3. The van der Waals surface area contributed by atoms with Crippen molar-refractivity contribution < 1.29 is 4.42 Å². The van der Waals surface area contributed by atoms with Gasteiger partial charge in [-0.05, 0) is 32.0 Å². The van der Waals surface area contributed by atoms with E-state index in [9.17, 15) is 0 Å². The molecule has 0 spiro atoms. The molecule has 0 aliphatic heterocycles. The van der Waals surface area contributed by atoms with Crippen molar-refractivity contribution in [1.82, 2.24) is 10.2 Å². The maximum atomic E-state index is 5.88. The Bertz CT molecular complexity index is 360. The molecule has 0 aliphatic carbocycles. The fourth-order valence-corrected chi connectivity index (χ4v) is 2.20. The molecule has 1 unspecified atom stereocenters. The molecule has 0 aromatic carbocycles. The van der Waals surface area contributed by atoms with Gasteiger partial charge in [-0.15, -0.1) is 0 Å². The maximum Gasteiger partial charge on any atom is 0.118 e. The third-order valence-corrected chi connectivity index (χ3v) is 3.73. The van der Waals surface area contributed by atoms with Gasteiger partial charge >= 0.3 is 0 Å². The highest BCUT2D eigenvalue weighted by Gasteiger charge is 2.12. The Balaban J connectivity index is 2.59. The van der Waals surface area contributed by atoms with Crippen LogP contribution in [0.1, 0.15) is 51.2 Å². The van der Waals surface area contributed by atoms with Gasteiger partial charge in [0.05, 0.1) is 6.54 Å². The van der Waals surface area contributed by atoms with Gasteiger partial charge in [0.1, 0.15) is 11.5 Å². The summed E-state index contributed by atoms with van der Waals surface area (Å²) in [5, 5.41) is 3.35. The molecule has 0 aliphatic rings. The predicted octanol–water partition coefficient (Wildman–Crippen LogP) is 3.57. The van der Waals surface area contributed by atoms with E-state index in [2.05, 4.69) is 50.9 Å². The zero-order chi connectivity index (χ0) is 14.3. The molecule has 0 fully saturated rings. The normalized spacial score (nSPS) is 13.2. The molecule has 1 aromatic rings. The minimum absolute atomic E-state index is 0.747. The van der Waals surface area contributed by atoms with Crippen LogP contribution in [0.15, 0.2) is 10.5 Å². The summed E-state index contributed by atoms with van der Waals surface area (Å²) < 4.78 is 5.88. The number of furan rings is 1. The van der Waals surface area contributed by atoms with Crippen molar-refractivity contribution in [1.29, 1.82) is 0 Å². The van der Waals surface area contributed by atoms with Gasteiger partial charge in [0.15, 0.2) is 0 Å². The molecule has 1 rings (SSSR count). The molecular formula is C16H30N2O. The quantitative estimate of drug-likeness (QED) is 0.740. The summed E-state index contributed by atoms with van der Waals surface area (Å²) in [5.41, 5.74) is 1.29. The predicted molar refractivity (Wildman–Crippen MR) is 81.2 cm³/mol. The lowest BCUT2D eigenvalue weighted by Crippen LogP contribution is -2.27. The fourth-order valence-electron chi connectivity index (χ4n) is 2.20. The van der Waals surface area contributed by atoms with Crippen molar-refractivity contribution in [2.75, 3.05) is 19.6 Å². The second-order valence-corrected chi connectivity index (χ2v) is 5.42. The van der Waals surface area contributed by atoms with E-state index in [4.69, 9.17) is 4.42 Å². The van der Waals surface area contributed by atoms with E-state index >= 15 is 0 Å². The number of hydrogen-bond donors (Lipinski definition) is 1. The van der Waals surface area contributed by atoms with Crippen LogP contribution in [0.5, 0.6) is 0 Å². The van der Waals surface area contributed by atoms with E-state index < -0.39 is 0 Å². The lowest BCUT2D eigenvalue weighted by atomic mass is 10.1. The lowest BCUT2D eigenvalue weighted by molar-refractivity contribution is 0.219. The Morgan fingerprint density at radius 1 is 1.32 bits per heavy atom. The van der Waals surface area contributed by atoms with E-state index in [1.165, 1.54) is 12.0 Å². The minimum Gasteiger partial charge on any atom is -0.465 e. The maximum absolute atomic E-state index is 5.88. The summed E-state index contributed by atoms with van der Waals surface area (Å²) in [6.45, 7) is 16.0.